The van der Waals surface area contributed by atoms with Crippen LogP contribution in [-0.4, -0.2) is 61.1 Å². The van der Waals surface area contributed by atoms with Crippen LogP contribution in [-0.2, 0) is 0 Å². The normalized spacial score (nSPS) is 7.64. The second-order valence-corrected chi connectivity index (χ2v) is 1.43. The molecule has 0 radical (unpaired) electrons. The molecule has 0 saturated carbocycles. The Bertz CT molecular complexity index is 78.9. The minimum atomic E-state index is -4.69. The SMILES string of the molecule is O=[N+]([O-])O.[Mg+2].[MgH2].[O-][Cl+3]([O-])([O-])O. The molecule has 2 N–H and O–H groups in total. The fourth-order valence-corrected chi connectivity index (χ4v) is 0. The molecule has 0 bridgehead atoms. The fraction of sp³-hybridized carbons (Fsp3) is 0. The molecule has 0 amide bonds. The average molecular weight is 214 g/mol. The first kappa shape index (κ1) is 22.6. The van der Waals surface area contributed by atoms with Gasteiger partial charge in [0.1, 0.15) is 0 Å². The molecule has 0 aromatic heterocycles. The van der Waals surface area contributed by atoms with E-state index in [1.807, 2.05) is 0 Å². The zero-order chi connectivity index (χ0) is 8.08. The summed E-state index contributed by atoms with van der Waals surface area (Å²) in [6.07, 6.45) is 0. The van der Waals surface area contributed by atoms with Crippen molar-refractivity contribution in [1.29, 1.82) is 0 Å². The maximum Gasteiger partial charge on any atom is 2.00 e. The van der Waals surface area contributed by atoms with Crippen LogP contribution in [0.2, 0.25) is 0 Å². The Morgan fingerprint density at radius 3 is 1.27 bits per heavy atom. The van der Waals surface area contributed by atoms with Gasteiger partial charge < -0.3 is 5.21 Å². The summed E-state index contributed by atoms with van der Waals surface area (Å²) in [7, 11) is -4.69. The summed E-state index contributed by atoms with van der Waals surface area (Å²) in [5.74, 6) is 0. The number of hydrogen-bond acceptors (Lipinski definition) is 6. The van der Waals surface area contributed by atoms with Crippen LogP contribution in [0.3, 0.4) is 0 Å². The molecule has 0 heterocycles. The van der Waals surface area contributed by atoms with E-state index in [1.54, 1.807) is 0 Å². The van der Waals surface area contributed by atoms with Gasteiger partial charge in [0.15, 0.2) is 0 Å². The molecule has 0 aromatic rings. The predicted molar refractivity (Wildman–Crippen MR) is 25.3 cm³/mol. The summed E-state index contributed by atoms with van der Waals surface area (Å²) in [5.41, 5.74) is 0. The first-order chi connectivity index (χ1) is 3.73. The van der Waals surface area contributed by atoms with Crippen molar-refractivity contribution in [2.75, 3.05) is 0 Å². The molecular weight excluding hydrogens is 210 g/mol. The van der Waals surface area contributed by atoms with Crippen molar-refractivity contribution in [3.63, 3.8) is 0 Å². The van der Waals surface area contributed by atoms with E-state index in [0.717, 1.165) is 0 Å². The number of rotatable bonds is 0. The van der Waals surface area contributed by atoms with Crippen molar-refractivity contribution < 1.29 is 39.2 Å². The Morgan fingerprint density at radius 2 is 1.27 bits per heavy atom. The van der Waals surface area contributed by atoms with Crippen LogP contribution < -0.4 is 14.0 Å². The van der Waals surface area contributed by atoms with E-state index >= 15 is 0 Å². The van der Waals surface area contributed by atoms with Gasteiger partial charge in [-0.25, -0.2) is 0 Å². The molecule has 0 atom stereocenters. The first-order valence-electron chi connectivity index (χ1n) is 1.20. The molecule has 0 unspecified atom stereocenters. The largest absolute Gasteiger partial charge is 2.00 e. The molecule has 11 heavy (non-hydrogen) atoms. The van der Waals surface area contributed by atoms with Crippen LogP contribution in [0, 0.1) is 20.4 Å². The van der Waals surface area contributed by atoms with Crippen molar-refractivity contribution in [3.8, 4) is 0 Å². The molecule has 11 heteroatoms. The Labute approximate surface area is 95.0 Å². The fourth-order valence-electron chi connectivity index (χ4n) is 0. The third kappa shape index (κ3) is 1150. The number of nitrogens with zero attached hydrogens (tertiary/aromatic N) is 1. The van der Waals surface area contributed by atoms with Gasteiger partial charge in [0.2, 0.25) is 0 Å². The number of halogens is 1. The standard InChI is InChI=1S/ClHO4.2Mg.HNO3.2H/c2-1(3,4)5;;;2-1(3)4;;/h(H,2,3,4,5);;;(H,2,3,4);;/q;;+2;;;. The van der Waals surface area contributed by atoms with Gasteiger partial charge in [0.05, 0.1) is 14.9 Å². The van der Waals surface area contributed by atoms with E-state index < -0.39 is 15.3 Å². The van der Waals surface area contributed by atoms with E-state index in [4.69, 9.17) is 34.0 Å². The van der Waals surface area contributed by atoms with Crippen LogP contribution in [0.15, 0.2) is 0 Å². The predicted octanol–water partition coefficient (Wildman–Crippen LogP) is -5.77. The Balaban J connectivity index is -0.0000000383. The molecule has 60 valence electrons. The van der Waals surface area contributed by atoms with Crippen LogP contribution in [0.25, 0.3) is 0 Å². The van der Waals surface area contributed by atoms with E-state index in [0.29, 0.717) is 0 Å². The maximum atomic E-state index is 8.60. The molecule has 0 aliphatic rings. The first-order valence-corrected chi connectivity index (χ1v) is 2.46. The van der Waals surface area contributed by atoms with Gasteiger partial charge in [-0.1, -0.05) is 0 Å². The van der Waals surface area contributed by atoms with Crippen molar-refractivity contribution >= 4 is 46.1 Å². The molecule has 8 nitrogen and oxygen atoms in total. The quantitative estimate of drug-likeness (QED) is 0.231. The topological polar surface area (TPSA) is 153 Å². The van der Waals surface area contributed by atoms with Gasteiger partial charge in [-0.3, -0.25) is 0 Å². The monoisotopic (exact) mass is 213 g/mol. The van der Waals surface area contributed by atoms with Crippen LogP contribution in [0.4, 0.5) is 0 Å². The molecule has 0 rings (SSSR count). The van der Waals surface area contributed by atoms with Crippen molar-refractivity contribution in [3.05, 3.63) is 10.1 Å². The van der Waals surface area contributed by atoms with E-state index in [9.17, 15) is 0 Å². The molecule has 0 saturated heterocycles. The summed E-state index contributed by atoms with van der Waals surface area (Å²) in [4.78, 5) is 8.36. The molecule has 0 aliphatic heterocycles. The minimum Gasteiger partial charge on any atom is -0.328 e. The van der Waals surface area contributed by atoms with Crippen molar-refractivity contribution in [2.24, 2.45) is 0 Å². The average Bonchev–Trinajstić information content (AvgIpc) is 1.19. The van der Waals surface area contributed by atoms with Gasteiger partial charge in [-0.05, 0) is 0 Å². The summed E-state index contributed by atoms with van der Waals surface area (Å²) in [5, 5.41) is 13.6. The van der Waals surface area contributed by atoms with E-state index in [2.05, 4.69) is 0 Å². The Morgan fingerprint density at radius 1 is 1.27 bits per heavy atom. The van der Waals surface area contributed by atoms with Crippen molar-refractivity contribution in [1.82, 2.24) is 0 Å². The Kier molecular flexibility index (Phi) is 22.4. The third-order valence-electron chi connectivity index (χ3n) is 0. The van der Waals surface area contributed by atoms with E-state index in [-0.39, 0.29) is 46.1 Å². The van der Waals surface area contributed by atoms with Crippen LogP contribution in [0.5, 0.6) is 0 Å². The van der Waals surface area contributed by atoms with Gasteiger partial charge in [0.25, 0.3) is 5.09 Å². The molecular formula is H4ClMg2NO7+2. The second kappa shape index (κ2) is 10.9. The van der Waals surface area contributed by atoms with Gasteiger partial charge >= 0.3 is 46.1 Å². The summed E-state index contributed by atoms with van der Waals surface area (Å²) in [6.45, 7) is 0. The molecule has 0 aromatic carbocycles. The zero-order valence-electron chi connectivity index (χ0n) is 4.47. The molecule has 0 spiro atoms. The summed E-state index contributed by atoms with van der Waals surface area (Å²) >= 11 is 0. The molecule has 0 aliphatic carbocycles. The Hall–Kier alpha value is 0.862. The zero-order valence-corrected chi connectivity index (χ0v) is 6.64. The number of hydrogen-bond donors (Lipinski definition) is 2. The van der Waals surface area contributed by atoms with Crippen LogP contribution >= 0.6 is 0 Å². The van der Waals surface area contributed by atoms with Crippen molar-refractivity contribution in [2.45, 2.75) is 0 Å². The van der Waals surface area contributed by atoms with Gasteiger partial charge in [-0.15, -0.1) is 10.1 Å². The maximum absolute atomic E-state index is 8.60. The van der Waals surface area contributed by atoms with Crippen LogP contribution in [0.1, 0.15) is 0 Å². The molecule has 0 fully saturated rings. The summed E-state index contributed by atoms with van der Waals surface area (Å²) < 4.78 is 32.7. The van der Waals surface area contributed by atoms with E-state index in [1.165, 1.54) is 0 Å². The van der Waals surface area contributed by atoms with Gasteiger partial charge in [0, 0.05) is 0 Å². The third-order valence-corrected chi connectivity index (χ3v) is 0. The second-order valence-electron chi connectivity index (χ2n) is 0.634. The minimum absolute atomic E-state index is 0. The summed E-state index contributed by atoms with van der Waals surface area (Å²) in [6, 6.07) is 0. The smallest absolute Gasteiger partial charge is 0.328 e. The van der Waals surface area contributed by atoms with Gasteiger partial charge in [-0.2, -0.15) is 14.0 Å².